The van der Waals surface area contributed by atoms with Crippen molar-refractivity contribution in [3.05, 3.63) is 34.9 Å². The lowest BCUT2D eigenvalue weighted by molar-refractivity contribution is -0.00946. The molecule has 0 bridgehead atoms. The average molecular weight is 247 g/mol. The molecule has 18 heavy (non-hydrogen) atoms. The predicted octanol–water partition coefficient (Wildman–Crippen LogP) is 3.00. The first-order valence-electron chi connectivity index (χ1n) is 6.92. The van der Waals surface area contributed by atoms with Crippen LogP contribution in [0.1, 0.15) is 36.5 Å². The number of aryl methyl sites for hydroxylation is 2. The number of likely N-dealkylation sites (N-methyl/N-ethyl adjacent to an activating group) is 1. The molecule has 0 aliphatic carbocycles. The van der Waals surface area contributed by atoms with E-state index in [4.69, 9.17) is 4.74 Å². The summed E-state index contributed by atoms with van der Waals surface area (Å²) < 4.78 is 5.97. The van der Waals surface area contributed by atoms with E-state index in [9.17, 15) is 0 Å². The van der Waals surface area contributed by atoms with Gasteiger partial charge >= 0.3 is 0 Å². The van der Waals surface area contributed by atoms with E-state index >= 15 is 0 Å². The third-order valence-electron chi connectivity index (χ3n) is 4.26. The van der Waals surface area contributed by atoms with Crippen LogP contribution in [0.2, 0.25) is 0 Å². The maximum absolute atomic E-state index is 5.97. The van der Waals surface area contributed by atoms with Gasteiger partial charge in [0.1, 0.15) is 0 Å². The molecule has 1 aromatic rings. The lowest BCUT2D eigenvalue weighted by Crippen LogP contribution is -2.48. The summed E-state index contributed by atoms with van der Waals surface area (Å²) in [6.45, 7) is 7.50. The van der Waals surface area contributed by atoms with Crippen LogP contribution in [-0.2, 0) is 11.2 Å². The minimum atomic E-state index is -0.00899. The molecule has 0 amide bonds. The maximum Gasteiger partial charge on any atom is 0.0810 e. The van der Waals surface area contributed by atoms with Gasteiger partial charge in [-0.2, -0.15) is 0 Å². The fourth-order valence-electron chi connectivity index (χ4n) is 2.94. The van der Waals surface area contributed by atoms with Gasteiger partial charge in [0.2, 0.25) is 0 Å². The van der Waals surface area contributed by atoms with Crippen LogP contribution in [0.15, 0.2) is 18.2 Å². The van der Waals surface area contributed by atoms with Crippen molar-refractivity contribution in [2.75, 3.05) is 13.7 Å². The molecule has 0 radical (unpaired) electrons. The highest BCUT2D eigenvalue weighted by molar-refractivity contribution is 5.31. The SMILES string of the molecule is CNC(Cc1cc(C)ccc1C)C1(C)CCCO1. The van der Waals surface area contributed by atoms with Crippen molar-refractivity contribution in [2.24, 2.45) is 0 Å². The lowest BCUT2D eigenvalue weighted by Gasteiger charge is -2.33. The van der Waals surface area contributed by atoms with Crippen LogP contribution in [0.3, 0.4) is 0 Å². The molecule has 1 saturated heterocycles. The molecule has 1 aliphatic rings. The quantitative estimate of drug-likeness (QED) is 0.883. The van der Waals surface area contributed by atoms with Gasteiger partial charge in [-0.15, -0.1) is 0 Å². The van der Waals surface area contributed by atoms with Crippen LogP contribution < -0.4 is 5.32 Å². The van der Waals surface area contributed by atoms with E-state index in [1.165, 1.54) is 23.1 Å². The van der Waals surface area contributed by atoms with Crippen LogP contribution in [0.4, 0.5) is 0 Å². The zero-order valence-electron chi connectivity index (χ0n) is 12.0. The molecule has 0 spiro atoms. The molecule has 2 heteroatoms. The number of hydrogen-bond acceptors (Lipinski definition) is 2. The van der Waals surface area contributed by atoms with E-state index in [2.05, 4.69) is 44.3 Å². The van der Waals surface area contributed by atoms with E-state index in [0.717, 1.165) is 19.4 Å². The number of hydrogen-bond donors (Lipinski definition) is 1. The van der Waals surface area contributed by atoms with Gasteiger partial charge in [-0.25, -0.2) is 0 Å². The van der Waals surface area contributed by atoms with Crippen LogP contribution in [0, 0.1) is 13.8 Å². The smallest absolute Gasteiger partial charge is 0.0810 e. The second-order valence-corrected chi connectivity index (χ2v) is 5.74. The monoisotopic (exact) mass is 247 g/mol. The summed E-state index contributed by atoms with van der Waals surface area (Å²) in [6.07, 6.45) is 3.38. The summed E-state index contributed by atoms with van der Waals surface area (Å²) in [7, 11) is 2.04. The van der Waals surface area contributed by atoms with Gasteiger partial charge in [-0.1, -0.05) is 23.8 Å². The number of ether oxygens (including phenoxy) is 1. The van der Waals surface area contributed by atoms with Crippen LogP contribution >= 0.6 is 0 Å². The number of rotatable bonds is 4. The van der Waals surface area contributed by atoms with Gasteiger partial charge in [0, 0.05) is 12.6 Å². The number of benzene rings is 1. The zero-order chi connectivity index (χ0) is 13.2. The van der Waals surface area contributed by atoms with Crippen molar-refractivity contribution in [2.45, 2.75) is 51.7 Å². The summed E-state index contributed by atoms with van der Waals surface area (Å²) in [5, 5.41) is 3.45. The van der Waals surface area contributed by atoms with E-state index in [1.807, 2.05) is 7.05 Å². The van der Waals surface area contributed by atoms with Crippen LogP contribution in [0.5, 0.6) is 0 Å². The predicted molar refractivity (Wildman–Crippen MR) is 76.1 cm³/mol. The molecule has 2 nitrogen and oxygen atoms in total. The highest BCUT2D eigenvalue weighted by Crippen LogP contribution is 2.30. The van der Waals surface area contributed by atoms with Gasteiger partial charge in [-0.3, -0.25) is 0 Å². The highest BCUT2D eigenvalue weighted by atomic mass is 16.5. The molecule has 1 N–H and O–H groups in total. The van der Waals surface area contributed by atoms with E-state index in [1.54, 1.807) is 0 Å². The molecule has 0 aromatic heterocycles. The van der Waals surface area contributed by atoms with Crippen molar-refractivity contribution < 1.29 is 4.74 Å². The summed E-state index contributed by atoms with van der Waals surface area (Å²) >= 11 is 0. The van der Waals surface area contributed by atoms with E-state index in [0.29, 0.717) is 6.04 Å². The van der Waals surface area contributed by atoms with Gasteiger partial charge in [0.25, 0.3) is 0 Å². The minimum Gasteiger partial charge on any atom is -0.374 e. The molecule has 1 fully saturated rings. The summed E-state index contributed by atoms with van der Waals surface area (Å²) in [4.78, 5) is 0. The molecule has 1 aliphatic heterocycles. The molecule has 2 atom stereocenters. The molecular formula is C16H25NO. The molecule has 0 saturated carbocycles. The zero-order valence-corrected chi connectivity index (χ0v) is 12.0. The summed E-state index contributed by atoms with van der Waals surface area (Å²) in [5.41, 5.74) is 4.14. The Morgan fingerprint density at radius 1 is 1.39 bits per heavy atom. The third-order valence-corrected chi connectivity index (χ3v) is 4.26. The minimum absolute atomic E-state index is 0.00899. The van der Waals surface area contributed by atoms with E-state index < -0.39 is 0 Å². The van der Waals surface area contributed by atoms with E-state index in [-0.39, 0.29) is 5.60 Å². The Balaban J connectivity index is 2.17. The molecule has 2 rings (SSSR count). The lowest BCUT2D eigenvalue weighted by atomic mass is 9.87. The summed E-state index contributed by atoms with van der Waals surface area (Å²) in [5.74, 6) is 0. The fourth-order valence-corrected chi connectivity index (χ4v) is 2.94. The topological polar surface area (TPSA) is 21.3 Å². The Morgan fingerprint density at radius 3 is 2.78 bits per heavy atom. The molecule has 1 aromatic carbocycles. The van der Waals surface area contributed by atoms with Crippen molar-refractivity contribution in [1.82, 2.24) is 5.32 Å². The maximum atomic E-state index is 5.97. The average Bonchev–Trinajstić information content (AvgIpc) is 2.78. The molecule has 100 valence electrons. The van der Waals surface area contributed by atoms with Gasteiger partial charge in [0.15, 0.2) is 0 Å². The first kappa shape index (κ1) is 13.6. The van der Waals surface area contributed by atoms with Crippen LogP contribution in [-0.4, -0.2) is 25.3 Å². The normalized spacial score (nSPS) is 25.3. The van der Waals surface area contributed by atoms with Crippen molar-refractivity contribution >= 4 is 0 Å². The summed E-state index contributed by atoms with van der Waals surface area (Å²) in [6, 6.07) is 7.09. The Hall–Kier alpha value is -0.860. The van der Waals surface area contributed by atoms with Crippen molar-refractivity contribution in [3.8, 4) is 0 Å². The molecule has 1 heterocycles. The van der Waals surface area contributed by atoms with Gasteiger partial charge in [-0.05, 0) is 58.2 Å². The van der Waals surface area contributed by atoms with Gasteiger partial charge < -0.3 is 10.1 Å². The highest BCUT2D eigenvalue weighted by Gasteiger charge is 2.37. The Labute approximate surface area is 111 Å². The third kappa shape index (κ3) is 2.76. The number of nitrogens with one attached hydrogen (secondary N) is 1. The fraction of sp³-hybridized carbons (Fsp3) is 0.625. The Kier molecular flexibility index (Phi) is 4.08. The van der Waals surface area contributed by atoms with Crippen molar-refractivity contribution in [1.29, 1.82) is 0 Å². The second-order valence-electron chi connectivity index (χ2n) is 5.74. The van der Waals surface area contributed by atoms with Gasteiger partial charge in [0.05, 0.1) is 5.60 Å². The van der Waals surface area contributed by atoms with Crippen molar-refractivity contribution in [3.63, 3.8) is 0 Å². The first-order valence-corrected chi connectivity index (χ1v) is 6.92. The molecule has 2 unspecified atom stereocenters. The molecular weight excluding hydrogens is 222 g/mol. The Bertz CT molecular complexity index is 408. The van der Waals surface area contributed by atoms with Crippen LogP contribution in [0.25, 0.3) is 0 Å². The Morgan fingerprint density at radius 2 is 2.17 bits per heavy atom. The second kappa shape index (κ2) is 5.41. The first-order chi connectivity index (χ1) is 8.55. The largest absolute Gasteiger partial charge is 0.374 e. The standard InChI is InChI=1S/C16H25NO/c1-12-6-7-13(2)14(10-12)11-15(17-4)16(3)8-5-9-18-16/h6-7,10,15,17H,5,8-9,11H2,1-4H3.